The number of hydrogen-bond donors (Lipinski definition) is 0. The highest BCUT2D eigenvalue weighted by molar-refractivity contribution is 6.33. The van der Waals surface area contributed by atoms with Crippen LogP contribution in [0.1, 0.15) is 56.9 Å². The topological polar surface area (TPSA) is 60.2 Å². The fourth-order valence-electron chi connectivity index (χ4n) is 5.50. The van der Waals surface area contributed by atoms with Gasteiger partial charge in [-0.2, -0.15) is 18.4 Å². The summed E-state index contributed by atoms with van der Waals surface area (Å²) < 4.78 is 38.8. The summed E-state index contributed by atoms with van der Waals surface area (Å²) in [6.07, 6.45) is 3.03. The van der Waals surface area contributed by atoms with Crippen molar-refractivity contribution in [2.75, 3.05) is 24.5 Å². The highest BCUT2D eigenvalue weighted by Crippen LogP contribution is 2.45. The number of rotatable bonds is 3. The average Bonchev–Trinajstić information content (AvgIpc) is 3.04. The first-order valence-electron chi connectivity index (χ1n) is 10.9. The number of amides is 1. The Kier molecular flexibility index (Phi) is 6.08. The molecule has 1 aromatic rings. The molecule has 1 amide bonds. The summed E-state index contributed by atoms with van der Waals surface area (Å²) in [6.45, 7) is 1.77. The molecule has 3 aliphatic rings. The van der Waals surface area contributed by atoms with Crippen molar-refractivity contribution in [3.8, 4) is 6.07 Å². The van der Waals surface area contributed by atoms with Gasteiger partial charge in [-0.3, -0.25) is 4.79 Å². The minimum absolute atomic E-state index is 0.0370. The highest BCUT2D eigenvalue weighted by Gasteiger charge is 2.51. The van der Waals surface area contributed by atoms with Gasteiger partial charge in [0, 0.05) is 38.3 Å². The predicted molar refractivity (Wildman–Crippen MR) is 110 cm³/mol. The highest BCUT2D eigenvalue weighted by atomic mass is 35.5. The minimum atomic E-state index is -4.49. The molecule has 0 radical (unpaired) electrons. The van der Waals surface area contributed by atoms with Gasteiger partial charge in [-0.15, -0.1) is 0 Å². The molecule has 31 heavy (non-hydrogen) atoms. The van der Waals surface area contributed by atoms with Crippen molar-refractivity contribution < 1.29 is 18.0 Å². The molecule has 168 valence electrons. The molecule has 2 aliphatic heterocycles. The number of alkyl halides is 3. The van der Waals surface area contributed by atoms with Crippen LogP contribution in [0.5, 0.6) is 0 Å². The number of nitriles is 1. The Morgan fingerprint density at radius 3 is 2.61 bits per heavy atom. The van der Waals surface area contributed by atoms with Gasteiger partial charge in [-0.1, -0.05) is 11.6 Å². The molecule has 1 aromatic heterocycles. The molecule has 4 rings (SSSR count). The van der Waals surface area contributed by atoms with Crippen molar-refractivity contribution in [1.29, 1.82) is 5.26 Å². The number of nitrogens with zero attached hydrogens (tertiary/aromatic N) is 4. The van der Waals surface area contributed by atoms with Crippen molar-refractivity contribution >= 4 is 23.3 Å². The first-order valence-corrected chi connectivity index (χ1v) is 11.3. The molecule has 1 aliphatic carbocycles. The third-order valence-electron chi connectivity index (χ3n) is 7.21. The van der Waals surface area contributed by atoms with Gasteiger partial charge >= 0.3 is 6.18 Å². The molecular formula is C22H26ClF3N4O. The van der Waals surface area contributed by atoms with E-state index in [1.165, 1.54) is 0 Å². The maximum absolute atomic E-state index is 13.5. The summed E-state index contributed by atoms with van der Waals surface area (Å²) in [6, 6.07) is 3.39. The first-order chi connectivity index (χ1) is 14.7. The van der Waals surface area contributed by atoms with Crippen molar-refractivity contribution in [3.05, 3.63) is 22.8 Å². The number of carbonyl (C=O) groups is 1. The average molecular weight is 455 g/mol. The van der Waals surface area contributed by atoms with Crippen LogP contribution in [-0.2, 0) is 11.0 Å². The molecule has 0 aromatic carbocycles. The maximum atomic E-state index is 13.5. The molecule has 9 heteroatoms. The molecule has 1 saturated carbocycles. The smallest absolute Gasteiger partial charge is 0.354 e. The van der Waals surface area contributed by atoms with Gasteiger partial charge in [0.25, 0.3) is 0 Å². The molecule has 0 N–H and O–H groups in total. The normalized spacial score (nSPS) is 29.5. The van der Waals surface area contributed by atoms with Crippen LogP contribution >= 0.6 is 11.6 Å². The summed E-state index contributed by atoms with van der Waals surface area (Å²) in [5.41, 5.74) is -1.39. The number of anilines is 1. The van der Waals surface area contributed by atoms with Crippen LogP contribution in [0.2, 0.25) is 5.02 Å². The number of pyridine rings is 1. The monoisotopic (exact) mass is 454 g/mol. The number of hydrogen-bond acceptors (Lipinski definition) is 4. The number of aromatic nitrogens is 1. The Balaban J connectivity index is 1.46. The second-order valence-electron chi connectivity index (χ2n) is 9.12. The van der Waals surface area contributed by atoms with E-state index in [4.69, 9.17) is 16.9 Å². The Labute approximate surface area is 185 Å². The van der Waals surface area contributed by atoms with Crippen LogP contribution < -0.4 is 4.90 Å². The van der Waals surface area contributed by atoms with E-state index in [0.29, 0.717) is 37.8 Å². The Hall–Kier alpha value is -2.01. The van der Waals surface area contributed by atoms with Gasteiger partial charge in [0.2, 0.25) is 5.91 Å². The van der Waals surface area contributed by atoms with Gasteiger partial charge in [0.15, 0.2) is 0 Å². The predicted octanol–water partition coefficient (Wildman–Crippen LogP) is 5.05. The first kappa shape index (κ1) is 22.2. The summed E-state index contributed by atoms with van der Waals surface area (Å²) in [5.74, 6) is 0.909. The lowest BCUT2D eigenvalue weighted by atomic mass is 9.78. The fraction of sp³-hybridized carbons (Fsp3) is 0.682. The quantitative estimate of drug-likeness (QED) is 0.641. The van der Waals surface area contributed by atoms with Gasteiger partial charge in [-0.25, -0.2) is 4.98 Å². The van der Waals surface area contributed by atoms with Crippen molar-refractivity contribution in [2.45, 2.75) is 63.6 Å². The summed E-state index contributed by atoms with van der Waals surface area (Å²) in [7, 11) is 0. The van der Waals surface area contributed by atoms with Crippen LogP contribution in [-0.4, -0.2) is 41.5 Å². The van der Waals surface area contributed by atoms with Crippen molar-refractivity contribution in [2.24, 2.45) is 11.3 Å². The molecule has 3 fully saturated rings. The molecule has 1 spiro atoms. The third kappa shape index (κ3) is 4.34. The molecule has 5 nitrogen and oxygen atoms in total. The molecular weight excluding hydrogens is 429 g/mol. The lowest BCUT2D eigenvalue weighted by molar-refractivity contribution is -0.139. The van der Waals surface area contributed by atoms with Gasteiger partial charge in [0.05, 0.1) is 22.1 Å². The van der Waals surface area contributed by atoms with Crippen LogP contribution in [0, 0.1) is 22.7 Å². The van der Waals surface area contributed by atoms with Crippen LogP contribution in [0.15, 0.2) is 12.3 Å². The largest absolute Gasteiger partial charge is 0.417 e. The van der Waals surface area contributed by atoms with Crippen LogP contribution in [0.25, 0.3) is 0 Å². The van der Waals surface area contributed by atoms with E-state index in [1.54, 1.807) is 0 Å². The number of carbonyl (C=O) groups excluding carboxylic acids is 1. The van der Waals surface area contributed by atoms with E-state index in [9.17, 15) is 18.0 Å². The summed E-state index contributed by atoms with van der Waals surface area (Å²) >= 11 is 6.17. The fourth-order valence-corrected chi connectivity index (χ4v) is 5.78. The SMILES string of the molecule is N#CC[C@H]1CC[C@H](N2CCC3(CCCN(c4ncc(C(F)(F)F)cc4Cl)C3)C2=O)CC1. The van der Waals surface area contributed by atoms with E-state index < -0.39 is 17.2 Å². The number of piperidine rings is 1. The lowest BCUT2D eigenvalue weighted by Gasteiger charge is -2.41. The zero-order valence-corrected chi connectivity index (χ0v) is 18.1. The minimum Gasteiger partial charge on any atom is -0.354 e. The molecule has 3 heterocycles. The van der Waals surface area contributed by atoms with Gasteiger partial charge < -0.3 is 9.80 Å². The molecule has 2 saturated heterocycles. The Morgan fingerprint density at radius 2 is 1.97 bits per heavy atom. The van der Waals surface area contributed by atoms with E-state index in [1.807, 2.05) is 9.80 Å². The van der Waals surface area contributed by atoms with E-state index >= 15 is 0 Å². The number of likely N-dealkylation sites (tertiary alicyclic amines) is 1. The van der Waals surface area contributed by atoms with Crippen molar-refractivity contribution in [3.63, 3.8) is 0 Å². The van der Waals surface area contributed by atoms with Crippen LogP contribution in [0.3, 0.4) is 0 Å². The van der Waals surface area contributed by atoms with Gasteiger partial charge in [-0.05, 0) is 56.9 Å². The Bertz CT molecular complexity index is 878. The molecule has 1 unspecified atom stereocenters. The lowest BCUT2D eigenvalue weighted by Crippen LogP contribution is -2.50. The zero-order chi connectivity index (χ0) is 22.2. The summed E-state index contributed by atoms with van der Waals surface area (Å²) in [5, 5.41) is 8.87. The number of halogens is 4. The second-order valence-corrected chi connectivity index (χ2v) is 9.53. The third-order valence-corrected chi connectivity index (χ3v) is 7.49. The van der Waals surface area contributed by atoms with E-state index in [2.05, 4.69) is 11.1 Å². The maximum Gasteiger partial charge on any atom is 0.417 e. The Morgan fingerprint density at radius 1 is 1.23 bits per heavy atom. The van der Waals surface area contributed by atoms with Crippen molar-refractivity contribution in [1.82, 2.24) is 9.88 Å². The summed E-state index contributed by atoms with van der Waals surface area (Å²) in [4.78, 5) is 21.4. The second kappa shape index (κ2) is 8.50. The zero-order valence-electron chi connectivity index (χ0n) is 17.3. The molecule has 0 bridgehead atoms. The van der Waals surface area contributed by atoms with E-state index in [-0.39, 0.29) is 17.0 Å². The molecule has 1 atom stereocenters. The van der Waals surface area contributed by atoms with E-state index in [0.717, 1.165) is 57.2 Å². The standard InChI is InChI=1S/C22H26ClF3N4O/c23-18-12-16(22(24,25)26)13-28-19(18)29-10-1-7-21(14-29)8-11-30(20(21)31)17-4-2-15(3-5-17)6-9-27/h12-13,15,17H,1-8,10-11,14H2/t15-,17-,21?. The van der Waals surface area contributed by atoms with Gasteiger partial charge in [0.1, 0.15) is 5.82 Å². The van der Waals surface area contributed by atoms with Crippen LogP contribution in [0.4, 0.5) is 19.0 Å².